The van der Waals surface area contributed by atoms with Gasteiger partial charge in [-0.3, -0.25) is 0 Å². The Morgan fingerprint density at radius 3 is 2.56 bits per heavy atom. The summed E-state index contributed by atoms with van der Waals surface area (Å²) in [5, 5.41) is 12.4. The largest absolute Gasteiger partial charge is 0.416 e. The molecule has 4 rings (SSSR count). The maximum atomic E-state index is 13.2. The number of thiophene rings is 1. The Hall–Kier alpha value is -2.78. The van der Waals surface area contributed by atoms with Gasteiger partial charge in [0.05, 0.1) is 16.6 Å². The van der Waals surface area contributed by atoms with E-state index in [4.69, 9.17) is 0 Å². The third kappa shape index (κ3) is 2.39. The smallest absolute Gasteiger partial charge is 0.319 e. The number of rotatable bonds is 1. The van der Waals surface area contributed by atoms with E-state index >= 15 is 0 Å². The van der Waals surface area contributed by atoms with Gasteiger partial charge in [-0.15, -0.1) is 11.3 Å². The molecule has 0 fully saturated rings. The highest BCUT2D eigenvalue weighted by molar-refractivity contribution is 7.13. The molecule has 0 atom stereocenters. The van der Waals surface area contributed by atoms with Crippen LogP contribution in [0.15, 0.2) is 48.0 Å². The first kappa shape index (κ1) is 15.7. The summed E-state index contributed by atoms with van der Waals surface area (Å²) in [6.45, 7) is 1.88. The minimum atomic E-state index is -4.41. The molecule has 0 unspecified atom stereocenters. The Bertz CT molecular complexity index is 1150. The van der Waals surface area contributed by atoms with Crippen molar-refractivity contribution >= 4 is 27.6 Å². The first-order valence-electron chi connectivity index (χ1n) is 7.50. The Balaban J connectivity index is 2.21. The van der Waals surface area contributed by atoms with Crippen molar-refractivity contribution < 1.29 is 13.2 Å². The van der Waals surface area contributed by atoms with Gasteiger partial charge in [-0.05, 0) is 42.0 Å². The molecule has 25 heavy (non-hydrogen) atoms. The van der Waals surface area contributed by atoms with Gasteiger partial charge in [-0.25, -0.2) is 0 Å². The number of halogens is 3. The minimum absolute atomic E-state index is 0.458. The highest BCUT2D eigenvalue weighted by Gasteiger charge is 2.31. The standard InChI is InChI=1S/C19H11F3N2S/c1-11-7-12(9-23)18-14-5-4-13(19(20,21)22)8-15(14)16(10-24(11)18)17-3-2-6-25-17/h2-8,10H,1H3. The Morgan fingerprint density at radius 2 is 1.92 bits per heavy atom. The zero-order valence-electron chi connectivity index (χ0n) is 13.1. The number of aryl methyl sites for hydroxylation is 1. The van der Waals surface area contributed by atoms with Gasteiger partial charge in [-0.1, -0.05) is 12.1 Å². The van der Waals surface area contributed by atoms with Crippen LogP contribution >= 0.6 is 11.3 Å². The number of hydrogen-bond acceptors (Lipinski definition) is 2. The summed E-state index contributed by atoms with van der Waals surface area (Å²) < 4.78 is 41.5. The molecule has 3 aromatic heterocycles. The van der Waals surface area contributed by atoms with E-state index in [1.54, 1.807) is 6.07 Å². The zero-order valence-corrected chi connectivity index (χ0v) is 13.9. The number of alkyl halides is 3. The second-order valence-electron chi connectivity index (χ2n) is 5.81. The van der Waals surface area contributed by atoms with Gasteiger partial charge < -0.3 is 4.40 Å². The lowest BCUT2D eigenvalue weighted by molar-refractivity contribution is -0.137. The maximum absolute atomic E-state index is 13.2. The van der Waals surface area contributed by atoms with Crippen molar-refractivity contribution in [1.29, 1.82) is 5.26 Å². The lowest BCUT2D eigenvalue weighted by atomic mass is 10.0. The monoisotopic (exact) mass is 356 g/mol. The molecule has 0 spiro atoms. The average Bonchev–Trinajstić information content (AvgIpc) is 3.21. The third-order valence-electron chi connectivity index (χ3n) is 4.29. The van der Waals surface area contributed by atoms with E-state index in [1.165, 1.54) is 23.5 Å². The van der Waals surface area contributed by atoms with Crippen molar-refractivity contribution in [3.8, 4) is 16.5 Å². The van der Waals surface area contributed by atoms with Crippen LogP contribution in [0.2, 0.25) is 0 Å². The first-order chi connectivity index (χ1) is 11.9. The van der Waals surface area contributed by atoms with Crippen LogP contribution in [0.4, 0.5) is 13.2 Å². The molecule has 4 aromatic rings. The van der Waals surface area contributed by atoms with Crippen LogP contribution in [0.5, 0.6) is 0 Å². The van der Waals surface area contributed by atoms with Crippen LogP contribution in [-0.4, -0.2) is 4.40 Å². The van der Waals surface area contributed by atoms with E-state index in [-0.39, 0.29) is 0 Å². The molecule has 6 heteroatoms. The summed E-state index contributed by atoms with van der Waals surface area (Å²) in [5.41, 5.74) is 2.01. The molecule has 0 saturated carbocycles. The number of benzene rings is 1. The van der Waals surface area contributed by atoms with E-state index in [0.717, 1.165) is 22.2 Å². The van der Waals surface area contributed by atoms with Crippen LogP contribution in [0.1, 0.15) is 16.8 Å². The molecule has 3 heterocycles. The lowest BCUT2D eigenvalue weighted by Gasteiger charge is -2.13. The minimum Gasteiger partial charge on any atom is -0.319 e. The summed E-state index contributed by atoms with van der Waals surface area (Å²) in [6, 6.07) is 11.4. The van der Waals surface area contributed by atoms with E-state index in [0.29, 0.717) is 21.9 Å². The second-order valence-corrected chi connectivity index (χ2v) is 6.76. The molecule has 0 N–H and O–H groups in total. The van der Waals surface area contributed by atoms with Crippen molar-refractivity contribution in [1.82, 2.24) is 4.40 Å². The molecular weight excluding hydrogens is 345 g/mol. The first-order valence-corrected chi connectivity index (χ1v) is 8.37. The molecule has 0 radical (unpaired) electrons. The lowest BCUT2D eigenvalue weighted by Crippen LogP contribution is -2.04. The number of nitriles is 1. The number of aromatic nitrogens is 1. The molecule has 0 aliphatic carbocycles. The average molecular weight is 356 g/mol. The fourth-order valence-electron chi connectivity index (χ4n) is 3.16. The molecule has 0 aliphatic heterocycles. The summed E-state index contributed by atoms with van der Waals surface area (Å²) in [4.78, 5) is 0.887. The van der Waals surface area contributed by atoms with E-state index in [9.17, 15) is 18.4 Å². The maximum Gasteiger partial charge on any atom is 0.416 e. The highest BCUT2D eigenvalue weighted by Crippen LogP contribution is 2.39. The van der Waals surface area contributed by atoms with Gasteiger partial charge >= 0.3 is 6.18 Å². The van der Waals surface area contributed by atoms with Crippen molar-refractivity contribution in [2.45, 2.75) is 13.1 Å². The molecular formula is C19H11F3N2S. The van der Waals surface area contributed by atoms with Crippen LogP contribution in [0.25, 0.3) is 26.7 Å². The van der Waals surface area contributed by atoms with Crippen LogP contribution in [0.3, 0.4) is 0 Å². The summed E-state index contributed by atoms with van der Waals surface area (Å²) in [7, 11) is 0. The third-order valence-corrected chi connectivity index (χ3v) is 5.19. The van der Waals surface area contributed by atoms with Crippen LogP contribution in [-0.2, 0) is 6.18 Å². The Kier molecular flexibility index (Phi) is 3.37. The van der Waals surface area contributed by atoms with E-state index < -0.39 is 11.7 Å². The number of fused-ring (bicyclic) bond motifs is 3. The number of hydrogen-bond donors (Lipinski definition) is 0. The number of nitrogens with zero attached hydrogens (tertiary/aromatic N) is 2. The van der Waals surface area contributed by atoms with Crippen molar-refractivity contribution in [2.75, 3.05) is 0 Å². The van der Waals surface area contributed by atoms with E-state index in [2.05, 4.69) is 6.07 Å². The quantitative estimate of drug-likeness (QED) is 0.410. The highest BCUT2D eigenvalue weighted by atomic mass is 32.1. The molecule has 0 bridgehead atoms. The van der Waals surface area contributed by atoms with Gasteiger partial charge in [0.25, 0.3) is 0 Å². The summed E-state index contributed by atoms with van der Waals surface area (Å²) >= 11 is 1.47. The molecule has 2 nitrogen and oxygen atoms in total. The fourth-order valence-corrected chi connectivity index (χ4v) is 3.91. The SMILES string of the molecule is Cc1cc(C#N)c2c3ccc(C(F)(F)F)cc3c(-c3cccs3)cn12. The Labute approximate surface area is 145 Å². The Morgan fingerprint density at radius 1 is 1.12 bits per heavy atom. The van der Waals surface area contributed by atoms with Gasteiger partial charge in [0, 0.05) is 27.7 Å². The van der Waals surface area contributed by atoms with E-state index in [1.807, 2.05) is 35.0 Å². The molecule has 0 amide bonds. The summed E-state index contributed by atoms with van der Waals surface area (Å²) in [5.74, 6) is 0. The molecule has 124 valence electrons. The molecule has 1 aromatic carbocycles. The van der Waals surface area contributed by atoms with Crippen molar-refractivity contribution in [3.05, 3.63) is 64.8 Å². The van der Waals surface area contributed by atoms with Crippen molar-refractivity contribution in [3.63, 3.8) is 0 Å². The van der Waals surface area contributed by atoms with Gasteiger partial charge in [0.2, 0.25) is 0 Å². The fraction of sp³-hybridized carbons (Fsp3) is 0.105. The van der Waals surface area contributed by atoms with Crippen LogP contribution < -0.4 is 0 Å². The predicted octanol–water partition coefficient (Wildman–Crippen LogP) is 6.02. The summed E-state index contributed by atoms with van der Waals surface area (Å²) in [6.07, 6.45) is -2.59. The van der Waals surface area contributed by atoms with Crippen molar-refractivity contribution in [2.24, 2.45) is 0 Å². The normalized spacial score (nSPS) is 12.0. The second kappa shape index (κ2) is 5.36. The number of pyridine rings is 1. The zero-order chi connectivity index (χ0) is 17.8. The topological polar surface area (TPSA) is 28.2 Å². The molecule has 0 saturated heterocycles. The van der Waals surface area contributed by atoms with Gasteiger partial charge in [-0.2, -0.15) is 18.4 Å². The van der Waals surface area contributed by atoms with Gasteiger partial charge in [0.15, 0.2) is 0 Å². The molecule has 0 aliphatic rings. The predicted molar refractivity (Wildman–Crippen MR) is 92.7 cm³/mol. The van der Waals surface area contributed by atoms with Gasteiger partial charge in [0.1, 0.15) is 6.07 Å². The van der Waals surface area contributed by atoms with Crippen LogP contribution in [0, 0.1) is 18.3 Å².